The molecule has 0 bridgehead atoms. The molecule has 2 aliphatic rings. The molecule has 8 nitrogen and oxygen atoms in total. The number of fused-ring (bicyclic) bond motifs is 1. The highest BCUT2D eigenvalue weighted by Crippen LogP contribution is 2.37. The average Bonchev–Trinajstić information content (AvgIpc) is 2.75. The highest BCUT2D eigenvalue weighted by Gasteiger charge is 2.44. The molecule has 4 rings (SSSR count). The van der Waals surface area contributed by atoms with E-state index in [0.717, 1.165) is 11.1 Å². The van der Waals surface area contributed by atoms with Gasteiger partial charge in [-0.25, -0.2) is 0 Å². The van der Waals surface area contributed by atoms with Crippen LogP contribution in [0.5, 0.6) is 5.75 Å². The molecular formula is C23H26ClNO7. The molecule has 172 valence electrons. The van der Waals surface area contributed by atoms with Crippen molar-refractivity contribution in [2.75, 3.05) is 11.9 Å². The van der Waals surface area contributed by atoms with E-state index in [1.54, 1.807) is 38.1 Å². The maximum Gasteiger partial charge on any atom is 0.268 e. The molecule has 2 aliphatic heterocycles. The summed E-state index contributed by atoms with van der Waals surface area (Å²) in [6.45, 7) is 2.90. The Hall–Kier alpha value is -2.20. The topological polar surface area (TPSA) is 128 Å². The minimum atomic E-state index is -1.46. The lowest BCUT2D eigenvalue weighted by Crippen LogP contribution is -2.55. The van der Waals surface area contributed by atoms with Gasteiger partial charge in [-0.15, -0.1) is 0 Å². The summed E-state index contributed by atoms with van der Waals surface area (Å²) in [4.78, 5) is 12.2. The summed E-state index contributed by atoms with van der Waals surface area (Å²) in [7, 11) is 0. The summed E-state index contributed by atoms with van der Waals surface area (Å²) >= 11 is 6.41. The SMILES string of the molecule is CC1(C)Oc2ccc(Cc3cc([C@@H]4O[C@H](CO)[C@@H](O)C(O)[C@H]4O)ccc3Cl)cc2NC1=O. The zero-order chi connectivity index (χ0) is 23.2. The molecule has 1 amide bonds. The molecule has 9 heteroatoms. The van der Waals surface area contributed by atoms with Crippen molar-refractivity contribution in [2.24, 2.45) is 0 Å². The third-order valence-corrected chi connectivity index (χ3v) is 6.26. The van der Waals surface area contributed by atoms with Crippen molar-refractivity contribution in [3.8, 4) is 5.75 Å². The van der Waals surface area contributed by atoms with E-state index in [2.05, 4.69) is 5.32 Å². The number of benzene rings is 2. The predicted molar refractivity (Wildman–Crippen MR) is 117 cm³/mol. The molecule has 2 aromatic rings. The van der Waals surface area contributed by atoms with Crippen LogP contribution < -0.4 is 10.1 Å². The molecule has 5 N–H and O–H groups in total. The van der Waals surface area contributed by atoms with E-state index >= 15 is 0 Å². The maximum atomic E-state index is 12.2. The highest BCUT2D eigenvalue weighted by molar-refractivity contribution is 6.31. The van der Waals surface area contributed by atoms with Crippen LogP contribution in [0.1, 0.15) is 36.6 Å². The first-order chi connectivity index (χ1) is 15.1. The molecule has 0 aromatic heterocycles. The van der Waals surface area contributed by atoms with Crippen molar-refractivity contribution in [3.63, 3.8) is 0 Å². The Morgan fingerprint density at radius 2 is 1.81 bits per heavy atom. The third-order valence-electron chi connectivity index (χ3n) is 5.89. The van der Waals surface area contributed by atoms with Gasteiger partial charge in [0.2, 0.25) is 0 Å². The molecule has 1 fully saturated rings. The van der Waals surface area contributed by atoms with Gasteiger partial charge in [0.05, 0.1) is 12.3 Å². The van der Waals surface area contributed by atoms with Crippen LogP contribution in [0.4, 0.5) is 5.69 Å². The second-order valence-electron chi connectivity index (χ2n) is 8.67. The number of aliphatic hydroxyl groups is 4. The van der Waals surface area contributed by atoms with Gasteiger partial charge in [-0.05, 0) is 55.2 Å². The summed E-state index contributed by atoms with van der Waals surface area (Å²) in [5, 5.41) is 43.3. The van der Waals surface area contributed by atoms with Crippen LogP contribution in [0, 0.1) is 0 Å². The van der Waals surface area contributed by atoms with E-state index in [4.69, 9.17) is 21.1 Å². The fourth-order valence-electron chi connectivity index (χ4n) is 3.97. The Morgan fingerprint density at radius 3 is 2.53 bits per heavy atom. The van der Waals surface area contributed by atoms with E-state index in [1.807, 2.05) is 12.1 Å². The fraction of sp³-hybridized carbons (Fsp3) is 0.435. The summed E-state index contributed by atoms with van der Waals surface area (Å²) in [6, 6.07) is 10.6. The lowest BCUT2D eigenvalue weighted by Gasteiger charge is -2.40. The van der Waals surface area contributed by atoms with Gasteiger partial charge in [-0.1, -0.05) is 29.8 Å². The maximum absolute atomic E-state index is 12.2. The minimum absolute atomic E-state index is 0.232. The van der Waals surface area contributed by atoms with Crippen LogP contribution in [0.2, 0.25) is 5.02 Å². The van der Waals surface area contributed by atoms with Crippen LogP contribution in [0.25, 0.3) is 0 Å². The molecule has 32 heavy (non-hydrogen) atoms. The smallest absolute Gasteiger partial charge is 0.268 e. The number of aliphatic hydroxyl groups excluding tert-OH is 4. The van der Waals surface area contributed by atoms with E-state index in [1.165, 1.54) is 0 Å². The molecule has 1 saturated heterocycles. The van der Waals surface area contributed by atoms with E-state index in [0.29, 0.717) is 28.4 Å². The van der Waals surface area contributed by atoms with Crippen molar-refractivity contribution in [3.05, 3.63) is 58.1 Å². The summed E-state index contributed by atoms with van der Waals surface area (Å²) in [6.07, 6.45) is -5.77. The summed E-state index contributed by atoms with van der Waals surface area (Å²) < 4.78 is 11.4. The van der Waals surface area contributed by atoms with Crippen LogP contribution in [0.3, 0.4) is 0 Å². The number of ether oxygens (including phenoxy) is 2. The number of nitrogens with one attached hydrogen (secondary N) is 1. The van der Waals surface area contributed by atoms with Crippen LogP contribution in [-0.2, 0) is 16.0 Å². The Balaban J connectivity index is 1.59. The monoisotopic (exact) mass is 463 g/mol. The van der Waals surface area contributed by atoms with Gasteiger partial charge in [0, 0.05) is 5.02 Å². The molecule has 2 aromatic carbocycles. The lowest BCUT2D eigenvalue weighted by molar-refractivity contribution is -0.231. The molecule has 2 heterocycles. The van der Waals surface area contributed by atoms with E-state index in [-0.39, 0.29) is 5.91 Å². The molecule has 5 atom stereocenters. The largest absolute Gasteiger partial charge is 0.476 e. The van der Waals surface area contributed by atoms with Gasteiger partial charge >= 0.3 is 0 Å². The normalized spacial score (nSPS) is 29.1. The quantitative estimate of drug-likeness (QED) is 0.465. The van der Waals surface area contributed by atoms with E-state index < -0.39 is 42.7 Å². The average molecular weight is 464 g/mol. The van der Waals surface area contributed by atoms with Crippen molar-refractivity contribution in [1.82, 2.24) is 0 Å². The first-order valence-electron chi connectivity index (χ1n) is 10.3. The zero-order valence-corrected chi connectivity index (χ0v) is 18.4. The minimum Gasteiger partial charge on any atom is -0.476 e. The predicted octanol–water partition coefficient (Wildman–Crippen LogP) is 1.56. The first kappa shape index (κ1) is 23.0. The van der Waals surface area contributed by atoms with Crippen LogP contribution in [0.15, 0.2) is 36.4 Å². The second-order valence-corrected chi connectivity index (χ2v) is 9.08. The number of carbonyl (C=O) groups excluding carboxylic acids is 1. The fourth-order valence-corrected chi connectivity index (χ4v) is 4.16. The Labute approximate surface area is 190 Å². The summed E-state index contributed by atoms with van der Waals surface area (Å²) in [5.41, 5.74) is 1.80. The van der Waals surface area contributed by atoms with Crippen molar-refractivity contribution >= 4 is 23.2 Å². The number of hydrogen-bond donors (Lipinski definition) is 5. The second kappa shape index (κ2) is 8.62. The van der Waals surface area contributed by atoms with Crippen molar-refractivity contribution in [1.29, 1.82) is 0 Å². The number of hydrogen-bond acceptors (Lipinski definition) is 7. The number of halogens is 1. The molecular weight excluding hydrogens is 438 g/mol. The summed E-state index contributed by atoms with van der Waals surface area (Å²) in [5.74, 6) is 0.351. The van der Waals surface area contributed by atoms with Gasteiger partial charge in [0.25, 0.3) is 5.91 Å². The lowest BCUT2D eigenvalue weighted by atomic mass is 9.90. The third kappa shape index (κ3) is 4.22. The van der Waals surface area contributed by atoms with Gasteiger partial charge in [0.1, 0.15) is 36.3 Å². The number of anilines is 1. The number of carbonyl (C=O) groups is 1. The zero-order valence-electron chi connectivity index (χ0n) is 17.7. The van der Waals surface area contributed by atoms with Crippen molar-refractivity contribution in [2.45, 2.75) is 56.4 Å². The molecule has 0 spiro atoms. The Bertz CT molecular complexity index is 1030. The highest BCUT2D eigenvalue weighted by atomic mass is 35.5. The van der Waals surface area contributed by atoms with Crippen LogP contribution >= 0.6 is 11.6 Å². The van der Waals surface area contributed by atoms with Gasteiger partial charge < -0.3 is 35.2 Å². The number of amides is 1. The molecule has 1 unspecified atom stereocenters. The van der Waals surface area contributed by atoms with Gasteiger partial charge in [0.15, 0.2) is 5.60 Å². The molecule has 0 saturated carbocycles. The Kier molecular flexibility index (Phi) is 6.19. The molecule has 0 aliphatic carbocycles. The van der Waals surface area contributed by atoms with Gasteiger partial charge in [-0.3, -0.25) is 4.79 Å². The Morgan fingerprint density at radius 1 is 1.06 bits per heavy atom. The first-order valence-corrected chi connectivity index (χ1v) is 10.7. The standard InChI is InChI=1S/C23H26ClNO7/c1-23(2)22(30)25-15-8-11(3-6-16(15)32-23)7-13-9-12(4-5-14(13)24)21-20(29)19(28)18(27)17(10-26)31-21/h3-6,8-9,17-21,26-29H,7,10H2,1-2H3,(H,25,30)/t17-,18-,19?,20-,21+/m1/s1. The van der Waals surface area contributed by atoms with Gasteiger partial charge in [-0.2, -0.15) is 0 Å². The van der Waals surface area contributed by atoms with E-state index in [9.17, 15) is 25.2 Å². The number of rotatable bonds is 4. The van der Waals surface area contributed by atoms with Crippen LogP contribution in [-0.4, -0.2) is 63.0 Å². The van der Waals surface area contributed by atoms with Crippen molar-refractivity contribution < 1.29 is 34.7 Å². The molecule has 0 radical (unpaired) electrons.